The van der Waals surface area contributed by atoms with Crippen LogP contribution in [0, 0.1) is 11.8 Å². The Hall–Kier alpha value is -1.02. The molecule has 1 aromatic carbocycles. The Labute approximate surface area is 110 Å². The lowest BCUT2D eigenvalue weighted by Gasteiger charge is -2.07. The Kier molecular flexibility index (Phi) is 3.29. The maximum absolute atomic E-state index is 5.56. The molecule has 2 unspecified atom stereocenters. The molecular formula is C16H23NO. The van der Waals surface area contributed by atoms with Gasteiger partial charge in [0.25, 0.3) is 0 Å². The van der Waals surface area contributed by atoms with E-state index < -0.39 is 0 Å². The molecular weight excluding hydrogens is 222 g/mol. The predicted octanol–water partition coefficient (Wildman–Crippen LogP) is 2.97. The lowest BCUT2D eigenvalue weighted by molar-refractivity contribution is 0.357. The van der Waals surface area contributed by atoms with Crippen molar-refractivity contribution in [3.63, 3.8) is 0 Å². The van der Waals surface area contributed by atoms with Gasteiger partial charge in [0.1, 0.15) is 5.75 Å². The van der Waals surface area contributed by atoms with Gasteiger partial charge in [0, 0.05) is 6.42 Å². The molecule has 98 valence electrons. The van der Waals surface area contributed by atoms with Crippen LogP contribution in [-0.4, -0.2) is 19.7 Å². The van der Waals surface area contributed by atoms with Crippen LogP contribution in [0.5, 0.6) is 5.75 Å². The molecule has 0 radical (unpaired) electrons. The maximum Gasteiger partial charge on any atom is 0.122 e. The topological polar surface area (TPSA) is 21.3 Å². The van der Waals surface area contributed by atoms with Crippen LogP contribution >= 0.6 is 0 Å². The van der Waals surface area contributed by atoms with Gasteiger partial charge in [0.2, 0.25) is 0 Å². The third-order valence-corrected chi connectivity index (χ3v) is 4.02. The summed E-state index contributed by atoms with van der Waals surface area (Å²) < 4.78 is 5.56. The van der Waals surface area contributed by atoms with E-state index in [0.717, 1.165) is 43.1 Å². The Morgan fingerprint density at radius 2 is 2.28 bits per heavy atom. The first-order valence-electron chi connectivity index (χ1n) is 7.20. The number of hydrogen-bond donors (Lipinski definition) is 1. The van der Waals surface area contributed by atoms with E-state index in [4.69, 9.17) is 4.74 Å². The molecule has 1 aromatic rings. The van der Waals surface area contributed by atoms with Gasteiger partial charge in [0.15, 0.2) is 0 Å². The van der Waals surface area contributed by atoms with Crippen molar-refractivity contribution in [3.05, 3.63) is 29.3 Å². The molecule has 0 saturated heterocycles. The van der Waals surface area contributed by atoms with Crippen molar-refractivity contribution in [2.75, 3.05) is 19.7 Å². The SMILES string of the molecule is CC(C)CNCC1CC1c1ccc2c(c1)CCO2. The van der Waals surface area contributed by atoms with Gasteiger partial charge in [0.05, 0.1) is 6.61 Å². The molecule has 0 aromatic heterocycles. The largest absolute Gasteiger partial charge is 0.493 e. The number of rotatable bonds is 5. The minimum absolute atomic E-state index is 0.749. The van der Waals surface area contributed by atoms with Crippen molar-refractivity contribution in [2.45, 2.75) is 32.6 Å². The fraction of sp³-hybridized carbons (Fsp3) is 0.625. The zero-order valence-corrected chi connectivity index (χ0v) is 11.4. The van der Waals surface area contributed by atoms with E-state index in [9.17, 15) is 0 Å². The van der Waals surface area contributed by atoms with Crippen molar-refractivity contribution in [1.82, 2.24) is 5.32 Å². The van der Waals surface area contributed by atoms with Crippen LogP contribution in [0.2, 0.25) is 0 Å². The van der Waals surface area contributed by atoms with Crippen molar-refractivity contribution >= 4 is 0 Å². The molecule has 1 saturated carbocycles. The zero-order chi connectivity index (χ0) is 12.5. The molecule has 2 nitrogen and oxygen atoms in total. The highest BCUT2D eigenvalue weighted by atomic mass is 16.5. The molecule has 0 spiro atoms. The molecule has 0 amide bonds. The molecule has 2 aliphatic rings. The predicted molar refractivity (Wildman–Crippen MR) is 74.2 cm³/mol. The lowest BCUT2D eigenvalue weighted by atomic mass is 10.0. The highest BCUT2D eigenvalue weighted by Crippen LogP contribution is 2.48. The smallest absolute Gasteiger partial charge is 0.122 e. The summed E-state index contributed by atoms with van der Waals surface area (Å²) in [6.45, 7) is 7.70. The Morgan fingerprint density at radius 1 is 1.39 bits per heavy atom. The molecule has 0 bridgehead atoms. The number of fused-ring (bicyclic) bond motifs is 1. The summed E-state index contributed by atoms with van der Waals surface area (Å²) >= 11 is 0. The first kappa shape index (κ1) is 12.0. The molecule has 1 fully saturated rings. The molecule has 3 rings (SSSR count). The second kappa shape index (κ2) is 4.93. The van der Waals surface area contributed by atoms with Crippen LogP contribution in [0.3, 0.4) is 0 Å². The van der Waals surface area contributed by atoms with Gasteiger partial charge >= 0.3 is 0 Å². The van der Waals surface area contributed by atoms with Crippen LogP contribution in [0.4, 0.5) is 0 Å². The van der Waals surface area contributed by atoms with Crippen LogP contribution in [-0.2, 0) is 6.42 Å². The van der Waals surface area contributed by atoms with E-state index in [1.807, 2.05) is 0 Å². The fourth-order valence-electron chi connectivity index (χ4n) is 2.88. The van der Waals surface area contributed by atoms with Gasteiger partial charge in [-0.25, -0.2) is 0 Å². The van der Waals surface area contributed by atoms with Crippen LogP contribution in [0.1, 0.15) is 37.3 Å². The number of hydrogen-bond acceptors (Lipinski definition) is 2. The molecule has 2 atom stereocenters. The second-order valence-corrected chi connectivity index (χ2v) is 6.12. The van der Waals surface area contributed by atoms with E-state index in [1.54, 1.807) is 0 Å². The molecule has 1 heterocycles. The van der Waals surface area contributed by atoms with Gasteiger partial charge in [-0.3, -0.25) is 0 Å². The standard InChI is InChI=1S/C16H23NO/c1-11(2)9-17-10-14-8-15(14)12-3-4-16-13(7-12)5-6-18-16/h3-4,7,11,14-15,17H,5-6,8-10H2,1-2H3. The summed E-state index contributed by atoms with van der Waals surface area (Å²) in [5.74, 6) is 3.49. The van der Waals surface area contributed by atoms with Crippen LogP contribution in [0.15, 0.2) is 18.2 Å². The maximum atomic E-state index is 5.56. The quantitative estimate of drug-likeness (QED) is 0.861. The first-order valence-corrected chi connectivity index (χ1v) is 7.20. The molecule has 2 heteroatoms. The normalized spacial score (nSPS) is 25.1. The highest BCUT2D eigenvalue weighted by molar-refractivity contribution is 5.42. The monoisotopic (exact) mass is 245 g/mol. The minimum Gasteiger partial charge on any atom is -0.493 e. The summed E-state index contributed by atoms with van der Waals surface area (Å²) in [7, 11) is 0. The first-order chi connectivity index (χ1) is 8.74. The fourth-order valence-corrected chi connectivity index (χ4v) is 2.88. The average Bonchev–Trinajstić information content (AvgIpc) is 2.96. The van der Waals surface area contributed by atoms with E-state index in [2.05, 4.69) is 37.4 Å². The van der Waals surface area contributed by atoms with Crippen molar-refractivity contribution in [2.24, 2.45) is 11.8 Å². The summed E-state index contributed by atoms with van der Waals surface area (Å²) in [6, 6.07) is 6.79. The van der Waals surface area contributed by atoms with Gasteiger partial charge in [-0.1, -0.05) is 26.0 Å². The van der Waals surface area contributed by atoms with E-state index in [0.29, 0.717) is 0 Å². The minimum atomic E-state index is 0.749. The lowest BCUT2D eigenvalue weighted by Crippen LogP contribution is -2.22. The van der Waals surface area contributed by atoms with Crippen LogP contribution in [0.25, 0.3) is 0 Å². The number of ether oxygens (including phenoxy) is 1. The van der Waals surface area contributed by atoms with Gasteiger partial charge in [-0.05, 0) is 54.5 Å². The Bertz CT molecular complexity index is 427. The van der Waals surface area contributed by atoms with E-state index in [-0.39, 0.29) is 0 Å². The molecule has 1 aliphatic carbocycles. The summed E-state index contributed by atoms with van der Waals surface area (Å²) in [5, 5.41) is 3.57. The van der Waals surface area contributed by atoms with Gasteiger partial charge in [-0.15, -0.1) is 0 Å². The molecule has 1 aliphatic heterocycles. The number of benzene rings is 1. The van der Waals surface area contributed by atoms with Crippen LogP contribution < -0.4 is 10.1 Å². The van der Waals surface area contributed by atoms with Crippen molar-refractivity contribution in [3.8, 4) is 5.75 Å². The Morgan fingerprint density at radius 3 is 3.11 bits per heavy atom. The summed E-state index contributed by atoms with van der Waals surface area (Å²) in [4.78, 5) is 0. The van der Waals surface area contributed by atoms with Gasteiger partial charge in [-0.2, -0.15) is 0 Å². The van der Waals surface area contributed by atoms with Crippen molar-refractivity contribution < 1.29 is 4.74 Å². The average molecular weight is 245 g/mol. The third-order valence-electron chi connectivity index (χ3n) is 4.02. The van der Waals surface area contributed by atoms with Crippen molar-refractivity contribution in [1.29, 1.82) is 0 Å². The van der Waals surface area contributed by atoms with Gasteiger partial charge < -0.3 is 10.1 Å². The second-order valence-electron chi connectivity index (χ2n) is 6.12. The highest BCUT2D eigenvalue weighted by Gasteiger charge is 2.38. The Balaban J connectivity index is 1.54. The summed E-state index contributed by atoms with van der Waals surface area (Å²) in [5.41, 5.74) is 2.93. The summed E-state index contributed by atoms with van der Waals surface area (Å²) in [6.07, 6.45) is 2.44. The number of nitrogens with one attached hydrogen (secondary N) is 1. The van der Waals surface area contributed by atoms with E-state index >= 15 is 0 Å². The zero-order valence-electron chi connectivity index (χ0n) is 11.4. The van der Waals surface area contributed by atoms with E-state index in [1.165, 1.54) is 24.1 Å². The third kappa shape index (κ3) is 2.54. The molecule has 18 heavy (non-hydrogen) atoms. The molecule has 1 N–H and O–H groups in total.